The summed E-state index contributed by atoms with van der Waals surface area (Å²) in [6.07, 6.45) is 1.52. The second kappa shape index (κ2) is 7.76. The van der Waals surface area contributed by atoms with E-state index in [0.717, 1.165) is 10.0 Å². The van der Waals surface area contributed by atoms with E-state index in [1.165, 1.54) is 6.08 Å². The molecule has 1 atom stereocenters. The fourth-order valence-corrected chi connectivity index (χ4v) is 2.01. The number of rotatable bonds is 2. The molecule has 0 N–H and O–H groups in total. The number of hydrazine groups is 1. The summed E-state index contributed by atoms with van der Waals surface area (Å²) in [7, 11) is 0. The number of carbonyl (C=O) groups is 3. The van der Waals surface area contributed by atoms with E-state index in [-0.39, 0.29) is 13.2 Å². The van der Waals surface area contributed by atoms with E-state index >= 15 is 0 Å². The minimum Gasteiger partial charge on any atom is -0.464 e. The molecule has 0 aliphatic carbocycles. The lowest BCUT2D eigenvalue weighted by Crippen LogP contribution is -2.60. The third-order valence-electron chi connectivity index (χ3n) is 2.83. The predicted octanol–water partition coefficient (Wildman–Crippen LogP) is 2.88. The van der Waals surface area contributed by atoms with Crippen molar-refractivity contribution in [1.29, 1.82) is 0 Å². The Kier molecular flexibility index (Phi) is 6.45. The van der Waals surface area contributed by atoms with Crippen LogP contribution < -0.4 is 0 Å². The first kappa shape index (κ1) is 20.8. The lowest BCUT2D eigenvalue weighted by molar-refractivity contribution is -0.154. The van der Waals surface area contributed by atoms with Gasteiger partial charge in [-0.3, -0.25) is 0 Å². The van der Waals surface area contributed by atoms with Crippen LogP contribution in [0.5, 0.6) is 0 Å². The van der Waals surface area contributed by atoms with Gasteiger partial charge in [-0.05, 0) is 48.5 Å². The van der Waals surface area contributed by atoms with E-state index < -0.39 is 35.4 Å². The molecule has 0 saturated carbocycles. The maximum Gasteiger partial charge on any atom is 0.430 e. The highest BCUT2D eigenvalue weighted by atomic mass is 16.6. The summed E-state index contributed by atoms with van der Waals surface area (Å²) in [5.74, 6) is -0.655. The maximum atomic E-state index is 12.6. The molecule has 8 nitrogen and oxygen atoms in total. The number of hydrogen-bond acceptors (Lipinski definition) is 6. The van der Waals surface area contributed by atoms with Crippen molar-refractivity contribution in [3.05, 3.63) is 12.2 Å². The van der Waals surface area contributed by atoms with Crippen LogP contribution in [0, 0.1) is 0 Å². The smallest absolute Gasteiger partial charge is 0.430 e. The number of hydrogen-bond donors (Lipinski definition) is 0. The van der Waals surface area contributed by atoms with E-state index in [0.29, 0.717) is 0 Å². The van der Waals surface area contributed by atoms with Gasteiger partial charge in [0.15, 0.2) is 6.04 Å². The Hall–Kier alpha value is -2.25. The Bertz CT molecular complexity index is 544. The van der Waals surface area contributed by atoms with Crippen molar-refractivity contribution < 1.29 is 28.6 Å². The molecular weight excluding hydrogens is 328 g/mol. The molecule has 2 amide bonds. The van der Waals surface area contributed by atoms with Gasteiger partial charge in [-0.2, -0.15) is 5.01 Å². The van der Waals surface area contributed by atoms with Crippen LogP contribution in [0.1, 0.15) is 48.5 Å². The van der Waals surface area contributed by atoms with Gasteiger partial charge in [0.1, 0.15) is 11.2 Å². The second-order valence-electron chi connectivity index (χ2n) is 7.51. The Morgan fingerprint density at radius 1 is 1.00 bits per heavy atom. The first-order chi connectivity index (χ1) is 11.4. The summed E-state index contributed by atoms with van der Waals surface area (Å²) >= 11 is 0. The average molecular weight is 356 g/mol. The lowest BCUT2D eigenvalue weighted by atomic mass is 10.2. The van der Waals surface area contributed by atoms with Gasteiger partial charge in [0, 0.05) is 0 Å². The van der Waals surface area contributed by atoms with Gasteiger partial charge in [-0.15, -0.1) is 0 Å². The fraction of sp³-hybridized carbons (Fsp3) is 0.706. The zero-order valence-corrected chi connectivity index (χ0v) is 16.0. The van der Waals surface area contributed by atoms with Gasteiger partial charge >= 0.3 is 18.2 Å². The van der Waals surface area contributed by atoms with Crippen molar-refractivity contribution in [3.8, 4) is 0 Å². The van der Waals surface area contributed by atoms with Crippen molar-refractivity contribution in [3.63, 3.8) is 0 Å². The average Bonchev–Trinajstić information content (AvgIpc) is 2.43. The van der Waals surface area contributed by atoms with Crippen molar-refractivity contribution in [2.75, 3.05) is 13.2 Å². The Balaban J connectivity index is 3.16. The van der Waals surface area contributed by atoms with Crippen LogP contribution in [-0.4, -0.2) is 58.6 Å². The number of nitrogens with zero attached hydrogens (tertiary/aromatic N) is 2. The van der Waals surface area contributed by atoms with Crippen LogP contribution >= 0.6 is 0 Å². The Morgan fingerprint density at radius 3 is 2.00 bits per heavy atom. The highest BCUT2D eigenvalue weighted by molar-refractivity contribution is 5.85. The molecular formula is C17H28N2O6. The molecule has 8 heteroatoms. The summed E-state index contributed by atoms with van der Waals surface area (Å²) in [6, 6.07) is -1.10. The van der Waals surface area contributed by atoms with Crippen LogP contribution in [-0.2, 0) is 19.0 Å². The molecule has 1 rings (SSSR count). The summed E-state index contributed by atoms with van der Waals surface area (Å²) in [6.45, 7) is 12.1. The summed E-state index contributed by atoms with van der Waals surface area (Å²) < 4.78 is 15.7. The van der Waals surface area contributed by atoms with E-state index in [1.54, 1.807) is 54.5 Å². The topological polar surface area (TPSA) is 85.4 Å². The second-order valence-corrected chi connectivity index (χ2v) is 7.51. The number of carbonyl (C=O) groups excluding carboxylic acids is 3. The molecule has 0 spiro atoms. The summed E-state index contributed by atoms with van der Waals surface area (Å²) in [5, 5.41) is 1.98. The van der Waals surface area contributed by atoms with Gasteiger partial charge in [-0.25, -0.2) is 19.4 Å². The zero-order valence-electron chi connectivity index (χ0n) is 16.0. The van der Waals surface area contributed by atoms with Crippen molar-refractivity contribution in [1.82, 2.24) is 10.0 Å². The van der Waals surface area contributed by atoms with Gasteiger partial charge < -0.3 is 14.2 Å². The molecule has 0 aromatic carbocycles. The number of esters is 1. The van der Waals surface area contributed by atoms with E-state index in [9.17, 15) is 14.4 Å². The van der Waals surface area contributed by atoms with Crippen LogP contribution in [0.15, 0.2) is 12.2 Å². The zero-order chi connectivity index (χ0) is 19.4. The third-order valence-corrected chi connectivity index (χ3v) is 2.83. The molecule has 25 heavy (non-hydrogen) atoms. The molecule has 0 aromatic rings. The third kappa shape index (κ3) is 6.28. The number of amides is 2. The van der Waals surface area contributed by atoms with E-state index in [2.05, 4.69) is 0 Å². The number of ether oxygens (including phenoxy) is 3. The predicted molar refractivity (Wildman–Crippen MR) is 90.6 cm³/mol. The molecule has 1 aliphatic rings. The molecule has 0 aromatic heterocycles. The quantitative estimate of drug-likeness (QED) is 0.430. The maximum absolute atomic E-state index is 12.6. The highest BCUT2D eigenvalue weighted by Crippen LogP contribution is 2.21. The molecule has 0 fully saturated rings. The monoisotopic (exact) mass is 356 g/mol. The minimum atomic E-state index is -1.10. The molecule has 1 aliphatic heterocycles. The first-order valence-electron chi connectivity index (χ1n) is 8.21. The van der Waals surface area contributed by atoms with Crippen molar-refractivity contribution in [2.24, 2.45) is 0 Å². The molecule has 0 unspecified atom stereocenters. The van der Waals surface area contributed by atoms with Crippen molar-refractivity contribution in [2.45, 2.75) is 65.7 Å². The highest BCUT2D eigenvalue weighted by Gasteiger charge is 2.42. The van der Waals surface area contributed by atoms with Crippen LogP contribution in [0.2, 0.25) is 0 Å². The van der Waals surface area contributed by atoms with Crippen LogP contribution in [0.4, 0.5) is 9.59 Å². The Labute approximate surface area is 148 Å². The van der Waals surface area contributed by atoms with Crippen LogP contribution in [0.25, 0.3) is 0 Å². The largest absolute Gasteiger partial charge is 0.464 e. The SMILES string of the molecule is CCOC(=O)[C@H]1C=CCN(C(=O)OC(C)(C)C)N1C(=O)OC(C)(C)C. The molecule has 0 saturated heterocycles. The fourth-order valence-electron chi connectivity index (χ4n) is 2.01. The molecule has 1 heterocycles. The molecule has 142 valence electrons. The van der Waals surface area contributed by atoms with Gasteiger partial charge in [-0.1, -0.05) is 12.2 Å². The Morgan fingerprint density at radius 2 is 1.52 bits per heavy atom. The molecule has 0 radical (unpaired) electrons. The molecule has 0 bridgehead atoms. The summed E-state index contributed by atoms with van der Waals surface area (Å²) in [5.41, 5.74) is -1.55. The summed E-state index contributed by atoms with van der Waals surface area (Å²) in [4.78, 5) is 37.3. The standard InChI is InChI=1S/C17H28N2O6/c1-8-23-13(20)12-10-9-11-18(14(21)24-16(2,3)4)19(12)15(22)25-17(5,6)7/h9-10,12H,8,11H2,1-7H3/t12-/m1/s1. The van der Waals surface area contributed by atoms with Crippen molar-refractivity contribution >= 4 is 18.2 Å². The first-order valence-corrected chi connectivity index (χ1v) is 8.21. The van der Waals surface area contributed by atoms with E-state index in [4.69, 9.17) is 14.2 Å². The van der Waals surface area contributed by atoms with Gasteiger partial charge in [0.2, 0.25) is 0 Å². The van der Waals surface area contributed by atoms with Gasteiger partial charge in [0.05, 0.1) is 13.2 Å². The normalized spacial score (nSPS) is 18.0. The van der Waals surface area contributed by atoms with Gasteiger partial charge in [0.25, 0.3) is 0 Å². The van der Waals surface area contributed by atoms with E-state index in [1.807, 2.05) is 0 Å². The lowest BCUT2D eigenvalue weighted by Gasteiger charge is -2.40. The van der Waals surface area contributed by atoms with Crippen LogP contribution in [0.3, 0.4) is 0 Å². The minimum absolute atomic E-state index is 0.0735.